The van der Waals surface area contributed by atoms with Crippen molar-refractivity contribution in [1.29, 1.82) is 5.26 Å². The minimum Gasteiger partial charge on any atom is -0.261 e. The Kier molecular flexibility index (Phi) is 2.15. The summed E-state index contributed by atoms with van der Waals surface area (Å²) in [4.78, 5) is 12.1. The maximum atomic E-state index is 8.84. The Balaban J connectivity index is 2.58. The molecular formula is C10H6N4. The molecule has 0 aromatic carbocycles. The Morgan fingerprint density at radius 3 is 2.79 bits per heavy atom. The van der Waals surface area contributed by atoms with E-state index in [2.05, 4.69) is 21.0 Å². The van der Waals surface area contributed by atoms with Gasteiger partial charge in [0.2, 0.25) is 0 Å². The Labute approximate surface area is 80.9 Å². The Hall–Kier alpha value is -2.28. The summed E-state index contributed by atoms with van der Waals surface area (Å²) in [7, 11) is 0. The first kappa shape index (κ1) is 8.32. The maximum absolute atomic E-state index is 8.84. The molecule has 4 nitrogen and oxygen atoms in total. The Morgan fingerprint density at radius 1 is 1.14 bits per heavy atom. The van der Waals surface area contributed by atoms with Crippen LogP contribution < -0.4 is 0 Å². The van der Waals surface area contributed by atoms with Gasteiger partial charge >= 0.3 is 0 Å². The topological polar surface area (TPSA) is 62.5 Å². The van der Waals surface area contributed by atoms with Gasteiger partial charge in [-0.05, 0) is 12.1 Å². The molecule has 14 heavy (non-hydrogen) atoms. The van der Waals surface area contributed by atoms with Gasteiger partial charge in [-0.2, -0.15) is 5.26 Å². The predicted octanol–water partition coefficient (Wildman–Crippen LogP) is 1.41. The predicted molar refractivity (Wildman–Crippen MR) is 50.0 cm³/mol. The van der Waals surface area contributed by atoms with Crippen LogP contribution in [0.1, 0.15) is 5.56 Å². The van der Waals surface area contributed by atoms with E-state index in [1.165, 1.54) is 0 Å². The molecule has 2 aromatic rings. The number of hydrogen-bond acceptors (Lipinski definition) is 4. The van der Waals surface area contributed by atoms with E-state index in [1.54, 1.807) is 36.9 Å². The number of hydrogen-bond donors (Lipinski definition) is 0. The van der Waals surface area contributed by atoms with Crippen molar-refractivity contribution in [2.45, 2.75) is 0 Å². The lowest BCUT2D eigenvalue weighted by molar-refractivity contribution is 1.17. The number of aromatic nitrogens is 3. The molecule has 0 atom stereocenters. The summed E-state index contributed by atoms with van der Waals surface area (Å²) in [5.41, 5.74) is 1.70. The van der Waals surface area contributed by atoms with E-state index in [9.17, 15) is 0 Å². The first-order valence-electron chi connectivity index (χ1n) is 4.03. The van der Waals surface area contributed by atoms with E-state index in [4.69, 9.17) is 5.26 Å². The van der Waals surface area contributed by atoms with Crippen molar-refractivity contribution < 1.29 is 0 Å². The van der Waals surface area contributed by atoms with Crippen molar-refractivity contribution in [2.75, 3.05) is 0 Å². The molecule has 0 aliphatic rings. The molecule has 0 spiro atoms. The average molecular weight is 182 g/mol. The molecule has 0 bridgehead atoms. The lowest BCUT2D eigenvalue weighted by atomic mass is 10.2. The summed E-state index contributed by atoms with van der Waals surface area (Å²) in [5.74, 6) is 0. The van der Waals surface area contributed by atoms with Gasteiger partial charge in [0.1, 0.15) is 17.5 Å². The van der Waals surface area contributed by atoms with Gasteiger partial charge < -0.3 is 0 Å². The van der Waals surface area contributed by atoms with Crippen LogP contribution in [0.25, 0.3) is 11.4 Å². The highest BCUT2D eigenvalue weighted by molar-refractivity contribution is 5.61. The maximum Gasteiger partial charge on any atom is 0.108 e. The molecule has 0 saturated carbocycles. The van der Waals surface area contributed by atoms with Gasteiger partial charge in [-0.15, -0.1) is 0 Å². The van der Waals surface area contributed by atoms with E-state index in [1.807, 2.05) is 0 Å². The number of nitriles is 1. The molecule has 0 unspecified atom stereocenters. The molecule has 66 valence electrons. The van der Waals surface area contributed by atoms with Crippen LogP contribution in [0.3, 0.4) is 0 Å². The molecule has 0 saturated heterocycles. The minimum atomic E-state index is 0.507. The van der Waals surface area contributed by atoms with Crippen LogP contribution in [-0.2, 0) is 0 Å². The summed E-state index contributed by atoms with van der Waals surface area (Å²) in [6, 6.07) is 5.49. The van der Waals surface area contributed by atoms with Crippen molar-refractivity contribution in [3.05, 3.63) is 42.5 Å². The second-order valence-electron chi connectivity index (χ2n) is 2.60. The first-order chi connectivity index (χ1) is 6.92. The highest BCUT2D eigenvalue weighted by atomic mass is 14.8. The van der Waals surface area contributed by atoms with Gasteiger partial charge in [0.25, 0.3) is 0 Å². The Morgan fingerprint density at radius 2 is 2.07 bits per heavy atom. The van der Waals surface area contributed by atoms with Crippen LogP contribution in [0.5, 0.6) is 0 Å². The van der Waals surface area contributed by atoms with Gasteiger partial charge in [0.05, 0.1) is 11.8 Å². The molecule has 0 N–H and O–H groups in total. The van der Waals surface area contributed by atoms with Gasteiger partial charge in [-0.3, -0.25) is 15.0 Å². The van der Waals surface area contributed by atoms with Gasteiger partial charge in [-0.25, -0.2) is 0 Å². The van der Waals surface area contributed by atoms with Crippen molar-refractivity contribution in [3.63, 3.8) is 0 Å². The van der Waals surface area contributed by atoms with Gasteiger partial charge in [0.15, 0.2) is 0 Å². The SMILES string of the molecule is N#Cc1cccnc1-c1cnccn1. The fraction of sp³-hybridized carbons (Fsp3) is 0. The summed E-state index contributed by atoms with van der Waals surface area (Å²) in [5, 5.41) is 8.84. The second kappa shape index (κ2) is 3.62. The highest BCUT2D eigenvalue weighted by Crippen LogP contribution is 2.16. The van der Waals surface area contributed by atoms with E-state index in [-0.39, 0.29) is 0 Å². The molecule has 2 heterocycles. The summed E-state index contributed by atoms with van der Waals surface area (Å²) in [6.07, 6.45) is 6.37. The van der Waals surface area contributed by atoms with Gasteiger partial charge in [0, 0.05) is 18.6 Å². The van der Waals surface area contributed by atoms with E-state index < -0.39 is 0 Å². The van der Waals surface area contributed by atoms with Crippen molar-refractivity contribution in [1.82, 2.24) is 15.0 Å². The van der Waals surface area contributed by atoms with Crippen LogP contribution in [0.15, 0.2) is 36.9 Å². The van der Waals surface area contributed by atoms with E-state index in [0.717, 1.165) is 0 Å². The zero-order chi connectivity index (χ0) is 9.80. The standard InChI is InChI=1S/C10H6N4/c11-6-8-2-1-3-14-10(8)9-7-12-4-5-13-9/h1-5,7H. The third-order valence-corrected chi connectivity index (χ3v) is 1.73. The molecule has 4 heteroatoms. The van der Waals surface area contributed by atoms with Crippen LogP contribution in [0.2, 0.25) is 0 Å². The molecule has 0 aliphatic carbocycles. The summed E-state index contributed by atoms with van der Waals surface area (Å²) < 4.78 is 0. The third-order valence-electron chi connectivity index (χ3n) is 1.73. The van der Waals surface area contributed by atoms with Crippen molar-refractivity contribution in [3.8, 4) is 17.5 Å². The summed E-state index contributed by atoms with van der Waals surface area (Å²) >= 11 is 0. The van der Waals surface area contributed by atoms with Crippen LogP contribution in [0.4, 0.5) is 0 Å². The van der Waals surface area contributed by atoms with Gasteiger partial charge in [-0.1, -0.05) is 0 Å². The second-order valence-corrected chi connectivity index (χ2v) is 2.60. The van der Waals surface area contributed by atoms with Crippen LogP contribution in [0, 0.1) is 11.3 Å². The zero-order valence-electron chi connectivity index (χ0n) is 7.25. The molecule has 2 aromatic heterocycles. The van der Waals surface area contributed by atoms with E-state index in [0.29, 0.717) is 17.0 Å². The van der Waals surface area contributed by atoms with E-state index >= 15 is 0 Å². The highest BCUT2D eigenvalue weighted by Gasteiger charge is 2.05. The van der Waals surface area contributed by atoms with Crippen molar-refractivity contribution in [2.24, 2.45) is 0 Å². The molecule has 0 aliphatic heterocycles. The first-order valence-corrected chi connectivity index (χ1v) is 4.03. The van der Waals surface area contributed by atoms with Crippen LogP contribution in [-0.4, -0.2) is 15.0 Å². The molecule has 2 rings (SSSR count). The third kappa shape index (κ3) is 1.43. The molecule has 0 radical (unpaired) electrons. The minimum absolute atomic E-state index is 0.507. The quantitative estimate of drug-likeness (QED) is 0.668. The zero-order valence-corrected chi connectivity index (χ0v) is 7.25. The lowest BCUT2D eigenvalue weighted by Gasteiger charge is -1.99. The molecular weight excluding hydrogens is 176 g/mol. The fourth-order valence-electron chi connectivity index (χ4n) is 1.12. The number of rotatable bonds is 1. The van der Waals surface area contributed by atoms with Crippen molar-refractivity contribution >= 4 is 0 Å². The molecule has 0 amide bonds. The largest absolute Gasteiger partial charge is 0.261 e. The summed E-state index contributed by atoms with van der Waals surface area (Å²) in [6.45, 7) is 0. The monoisotopic (exact) mass is 182 g/mol. The normalized spacial score (nSPS) is 9.36. The van der Waals surface area contributed by atoms with Crippen LogP contribution >= 0.6 is 0 Å². The Bertz CT molecular complexity index is 473. The number of nitrogens with zero attached hydrogens (tertiary/aromatic N) is 4. The fourth-order valence-corrected chi connectivity index (χ4v) is 1.12. The smallest absolute Gasteiger partial charge is 0.108 e. The lowest BCUT2D eigenvalue weighted by Crippen LogP contribution is -1.91. The average Bonchev–Trinajstić information content (AvgIpc) is 2.30. The molecule has 0 fully saturated rings. The number of pyridine rings is 1.